The van der Waals surface area contributed by atoms with Crippen molar-refractivity contribution in [2.45, 2.75) is 13.2 Å². The lowest BCUT2D eigenvalue weighted by Gasteiger charge is -2.14. The van der Waals surface area contributed by atoms with Crippen molar-refractivity contribution in [2.24, 2.45) is 0 Å². The molecule has 0 amide bonds. The van der Waals surface area contributed by atoms with Crippen LogP contribution in [0.3, 0.4) is 0 Å². The minimum absolute atomic E-state index is 0.133. The van der Waals surface area contributed by atoms with Gasteiger partial charge in [0, 0.05) is 11.1 Å². The maximum Gasteiger partial charge on any atom is 0.167 e. The molecule has 0 heterocycles. The molecule has 0 aromatic heterocycles. The molecule has 4 nitrogen and oxygen atoms in total. The summed E-state index contributed by atoms with van der Waals surface area (Å²) in [4.78, 5) is 0. The number of benzene rings is 2. The lowest BCUT2D eigenvalue weighted by Crippen LogP contribution is -2.02. The van der Waals surface area contributed by atoms with Crippen LogP contribution in [0.5, 0.6) is 11.5 Å². The van der Waals surface area contributed by atoms with Gasteiger partial charge in [-0.25, -0.2) is 0 Å². The van der Waals surface area contributed by atoms with E-state index in [-0.39, 0.29) is 13.2 Å². The van der Waals surface area contributed by atoms with Gasteiger partial charge in [0.25, 0.3) is 0 Å². The standard InChI is InChI=1S/C16H15NO3/c1-19-15-8-4-7-13(10-18)16(15)20-11-14-6-3-2-5-12(14)9-17/h2-8,18H,10-11H2,1H3. The molecule has 0 atom stereocenters. The number of rotatable bonds is 5. The molecule has 2 aromatic rings. The molecule has 0 saturated carbocycles. The van der Waals surface area contributed by atoms with Crippen molar-refractivity contribution in [3.8, 4) is 17.6 Å². The van der Waals surface area contributed by atoms with Crippen LogP contribution in [0.15, 0.2) is 42.5 Å². The number of aliphatic hydroxyl groups excluding tert-OH is 1. The third kappa shape index (κ3) is 2.90. The first kappa shape index (κ1) is 13.9. The first-order valence-electron chi connectivity index (χ1n) is 6.17. The summed E-state index contributed by atoms with van der Waals surface area (Å²) in [5.74, 6) is 1.07. The van der Waals surface area contributed by atoms with Crippen LogP contribution in [-0.2, 0) is 13.2 Å². The Kier molecular flexibility index (Phi) is 4.59. The highest BCUT2D eigenvalue weighted by molar-refractivity contribution is 5.46. The molecule has 4 heteroatoms. The molecule has 0 radical (unpaired) electrons. The third-order valence-electron chi connectivity index (χ3n) is 2.96. The van der Waals surface area contributed by atoms with E-state index in [9.17, 15) is 5.11 Å². The number of hydrogen-bond donors (Lipinski definition) is 1. The van der Waals surface area contributed by atoms with Crippen molar-refractivity contribution in [3.05, 3.63) is 59.2 Å². The molecule has 0 saturated heterocycles. The Morgan fingerprint density at radius 2 is 1.85 bits per heavy atom. The number of nitriles is 1. The summed E-state index contributed by atoms with van der Waals surface area (Å²) in [7, 11) is 1.55. The number of ether oxygens (including phenoxy) is 2. The second kappa shape index (κ2) is 6.60. The van der Waals surface area contributed by atoms with E-state index in [1.165, 1.54) is 0 Å². The monoisotopic (exact) mass is 269 g/mol. The molecule has 1 N–H and O–H groups in total. The highest BCUT2D eigenvalue weighted by Gasteiger charge is 2.11. The Morgan fingerprint density at radius 1 is 1.10 bits per heavy atom. The summed E-state index contributed by atoms with van der Waals surface area (Å²) in [5.41, 5.74) is 2.02. The predicted octanol–water partition coefficient (Wildman–Crippen LogP) is 2.64. The third-order valence-corrected chi connectivity index (χ3v) is 2.96. The van der Waals surface area contributed by atoms with E-state index in [1.807, 2.05) is 18.2 Å². The minimum Gasteiger partial charge on any atom is -0.493 e. The van der Waals surface area contributed by atoms with E-state index >= 15 is 0 Å². The molecule has 2 aromatic carbocycles. The Labute approximate surface area is 117 Å². The fourth-order valence-corrected chi connectivity index (χ4v) is 1.92. The Balaban J connectivity index is 2.25. The molecule has 0 unspecified atom stereocenters. The van der Waals surface area contributed by atoms with E-state index in [0.717, 1.165) is 5.56 Å². The van der Waals surface area contributed by atoms with Crippen molar-refractivity contribution in [2.75, 3.05) is 7.11 Å². The van der Waals surface area contributed by atoms with Crippen LogP contribution in [0.1, 0.15) is 16.7 Å². The van der Waals surface area contributed by atoms with Gasteiger partial charge in [-0.05, 0) is 12.1 Å². The van der Waals surface area contributed by atoms with Gasteiger partial charge in [0.1, 0.15) is 6.61 Å². The SMILES string of the molecule is COc1cccc(CO)c1OCc1ccccc1C#N. The van der Waals surface area contributed by atoms with Crippen molar-refractivity contribution >= 4 is 0 Å². The average molecular weight is 269 g/mol. The van der Waals surface area contributed by atoms with Crippen LogP contribution < -0.4 is 9.47 Å². The predicted molar refractivity (Wildman–Crippen MR) is 74.4 cm³/mol. The van der Waals surface area contributed by atoms with Crippen LogP contribution in [0.25, 0.3) is 0 Å². The zero-order valence-corrected chi connectivity index (χ0v) is 11.2. The Morgan fingerprint density at radius 3 is 2.55 bits per heavy atom. The normalized spacial score (nSPS) is 9.85. The van der Waals surface area contributed by atoms with Gasteiger partial charge >= 0.3 is 0 Å². The zero-order chi connectivity index (χ0) is 14.4. The number of nitrogens with zero attached hydrogens (tertiary/aromatic N) is 1. The molecule has 20 heavy (non-hydrogen) atoms. The topological polar surface area (TPSA) is 62.5 Å². The van der Waals surface area contributed by atoms with Gasteiger partial charge in [-0.15, -0.1) is 0 Å². The second-order valence-corrected chi connectivity index (χ2v) is 4.16. The number of hydrogen-bond acceptors (Lipinski definition) is 4. The lowest BCUT2D eigenvalue weighted by molar-refractivity contribution is 0.250. The van der Waals surface area contributed by atoms with Gasteiger partial charge < -0.3 is 14.6 Å². The second-order valence-electron chi connectivity index (χ2n) is 4.16. The highest BCUT2D eigenvalue weighted by atomic mass is 16.5. The number of para-hydroxylation sites is 1. The van der Waals surface area contributed by atoms with Crippen molar-refractivity contribution in [3.63, 3.8) is 0 Å². The molecule has 102 valence electrons. The van der Waals surface area contributed by atoms with Gasteiger partial charge in [0.2, 0.25) is 0 Å². The summed E-state index contributed by atoms with van der Waals surface area (Å²) < 4.78 is 11.0. The minimum atomic E-state index is -0.133. The van der Waals surface area contributed by atoms with Crippen molar-refractivity contribution < 1.29 is 14.6 Å². The Bertz CT molecular complexity index is 610. The summed E-state index contributed by atoms with van der Waals surface area (Å²) in [5, 5.41) is 18.4. The van der Waals surface area contributed by atoms with Crippen LogP contribution in [-0.4, -0.2) is 12.2 Å². The van der Waals surface area contributed by atoms with Crippen molar-refractivity contribution in [1.82, 2.24) is 0 Å². The zero-order valence-electron chi connectivity index (χ0n) is 11.2. The number of methoxy groups -OCH3 is 1. The van der Waals surface area contributed by atoms with E-state index < -0.39 is 0 Å². The molecule has 0 fully saturated rings. The quantitative estimate of drug-likeness (QED) is 0.906. The molecular formula is C16H15NO3. The largest absolute Gasteiger partial charge is 0.493 e. The van der Waals surface area contributed by atoms with Gasteiger partial charge in [0.05, 0.1) is 25.3 Å². The maximum atomic E-state index is 9.35. The smallest absolute Gasteiger partial charge is 0.167 e. The first-order valence-corrected chi connectivity index (χ1v) is 6.17. The molecule has 0 spiro atoms. The lowest BCUT2D eigenvalue weighted by atomic mass is 10.1. The van der Waals surface area contributed by atoms with Crippen LogP contribution in [0, 0.1) is 11.3 Å². The van der Waals surface area contributed by atoms with E-state index in [2.05, 4.69) is 6.07 Å². The van der Waals surface area contributed by atoms with Gasteiger partial charge in [-0.3, -0.25) is 0 Å². The number of aliphatic hydroxyl groups is 1. The van der Waals surface area contributed by atoms with Crippen LogP contribution in [0.2, 0.25) is 0 Å². The summed E-state index contributed by atoms with van der Waals surface area (Å²) >= 11 is 0. The van der Waals surface area contributed by atoms with Gasteiger partial charge in [0.15, 0.2) is 11.5 Å². The first-order chi connectivity index (χ1) is 9.80. The molecule has 0 aliphatic heterocycles. The summed E-state index contributed by atoms with van der Waals surface area (Å²) in [6.07, 6.45) is 0. The molecule has 0 bridgehead atoms. The fourth-order valence-electron chi connectivity index (χ4n) is 1.92. The van der Waals surface area contributed by atoms with E-state index in [1.54, 1.807) is 31.4 Å². The summed E-state index contributed by atoms with van der Waals surface area (Å²) in [6, 6.07) is 14.7. The van der Waals surface area contributed by atoms with Gasteiger partial charge in [-0.1, -0.05) is 30.3 Å². The van der Waals surface area contributed by atoms with Crippen LogP contribution >= 0.6 is 0 Å². The molecule has 0 aliphatic carbocycles. The summed E-state index contributed by atoms with van der Waals surface area (Å²) in [6.45, 7) is 0.115. The fraction of sp³-hybridized carbons (Fsp3) is 0.188. The van der Waals surface area contributed by atoms with Crippen LogP contribution in [0.4, 0.5) is 0 Å². The van der Waals surface area contributed by atoms with E-state index in [0.29, 0.717) is 22.6 Å². The molecular weight excluding hydrogens is 254 g/mol. The highest BCUT2D eigenvalue weighted by Crippen LogP contribution is 2.31. The average Bonchev–Trinajstić information content (AvgIpc) is 2.52. The molecule has 0 aliphatic rings. The maximum absolute atomic E-state index is 9.35. The van der Waals surface area contributed by atoms with Crippen molar-refractivity contribution in [1.29, 1.82) is 5.26 Å². The molecule has 2 rings (SSSR count). The van der Waals surface area contributed by atoms with E-state index in [4.69, 9.17) is 14.7 Å². The van der Waals surface area contributed by atoms with Gasteiger partial charge in [-0.2, -0.15) is 5.26 Å². The Hall–Kier alpha value is -2.51.